The van der Waals surface area contributed by atoms with Crippen LogP contribution >= 0.6 is 0 Å². The van der Waals surface area contributed by atoms with Gasteiger partial charge in [0.15, 0.2) is 11.4 Å². The molecule has 2 N–H and O–H groups in total. The lowest BCUT2D eigenvalue weighted by molar-refractivity contribution is -0.121. The van der Waals surface area contributed by atoms with Crippen LogP contribution in [-0.2, 0) is 24.3 Å². The van der Waals surface area contributed by atoms with Gasteiger partial charge in [0.2, 0.25) is 0 Å². The third-order valence-corrected chi connectivity index (χ3v) is 5.47. The third kappa shape index (κ3) is 4.49. The zero-order valence-electron chi connectivity index (χ0n) is 18.2. The molecular formula is C25H21N5O4. The zero-order valence-corrected chi connectivity index (χ0v) is 18.2. The summed E-state index contributed by atoms with van der Waals surface area (Å²) in [5, 5.41) is 9.84. The van der Waals surface area contributed by atoms with Gasteiger partial charge < -0.3 is 15.4 Å². The Morgan fingerprint density at radius 1 is 0.941 bits per heavy atom. The van der Waals surface area contributed by atoms with E-state index in [2.05, 4.69) is 20.7 Å². The molecule has 0 atom stereocenters. The minimum Gasteiger partial charge on any atom is -0.486 e. The molecule has 5 rings (SSSR count). The number of hydrogen-bond acceptors (Lipinski definition) is 6. The molecule has 0 spiro atoms. The van der Waals surface area contributed by atoms with E-state index in [0.717, 1.165) is 16.7 Å². The van der Waals surface area contributed by atoms with Crippen molar-refractivity contribution in [1.82, 2.24) is 25.2 Å². The van der Waals surface area contributed by atoms with Crippen LogP contribution in [-0.4, -0.2) is 38.8 Å². The van der Waals surface area contributed by atoms with Crippen LogP contribution in [0.4, 0.5) is 0 Å². The number of nitrogens with zero attached hydrogens (tertiary/aromatic N) is 3. The molecule has 9 heteroatoms. The Bertz CT molecular complexity index is 1400. The maximum atomic E-state index is 12.9. The predicted molar refractivity (Wildman–Crippen MR) is 122 cm³/mol. The number of fused-ring (bicyclic) bond motifs is 2. The molecule has 2 aromatic carbocycles. The van der Waals surface area contributed by atoms with Gasteiger partial charge in [-0.3, -0.25) is 14.4 Å². The molecule has 0 saturated carbocycles. The topological polar surface area (TPSA) is 115 Å². The van der Waals surface area contributed by atoms with Crippen molar-refractivity contribution in [3.63, 3.8) is 0 Å². The van der Waals surface area contributed by atoms with Crippen molar-refractivity contribution < 1.29 is 19.1 Å². The van der Waals surface area contributed by atoms with Crippen LogP contribution in [0.1, 0.15) is 37.7 Å². The van der Waals surface area contributed by atoms with Crippen LogP contribution in [0.2, 0.25) is 0 Å². The predicted octanol–water partition coefficient (Wildman–Crippen LogP) is 2.09. The van der Waals surface area contributed by atoms with Crippen LogP contribution in [0.25, 0.3) is 5.65 Å². The van der Waals surface area contributed by atoms with Crippen LogP contribution in [0.3, 0.4) is 0 Å². The first-order valence-corrected chi connectivity index (χ1v) is 10.8. The molecule has 2 amide bonds. The number of Topliss-reactive ketones (excluding diaryl/α,β-unsaturated/α-hetero) is 1. The van der Waals surface area contributed by atoms with Crippen molar-refractivity contribution in [2.45, 2.75) is 19.5 Å². The number of carbonyl (C=O) groups excluding carboxylic acids is 3. The fourth-order valence-electron chi connectivity index (χ4n) is 3.78. The first-order chi connectivity index (χ1) is 16.6. The van der Waals surface area contributed by atoms with Crippen LogP contribution in [0, 0.1) is 0 Å². The number of hydrogen-bond donors (Lipinski definition) is 2. The Kier molecular flexibility index (Phi) is 5.73. The van der Waals surface area contributed by atoms with Gasteiger partial charge in [0.1, 0.15) is 23.7 Å². The lowest BCUT2D eigenvalue weighted by atomic mass is 10.0. The van der Waals surface area contributed by atoms with E-state index in [1.165, 1.54) is 16.8 Å². The molecular weight excluding hydrogens is 434 g/mol. The molecule has 0 fully saturated rings. The van der Waals surface area contributed by atoms with Crippen LogP contribution in [0.15, 0.2) is 66.9 Å². The largest absolute Gasteiger partial charge is 0.486 e. The Morgan fingerprint density at radius 3 is 2.59 bits per heavy atom. The maximum absolute atomic E-state index is 12.9. The molecule has 1 aliphatic rings. The van der Waals surface area contributed by atoms with Gasteiger partial charge >= 0.3 is 0 Å². The maximum Gasteiger partial charge on any atom is 0.270 e. The summed E-state index contributed by atoms with van der Waals surface area (Å²) in [6.45, 7) is 0.673. The molecule has 2 aromatic heterocycles. The average molecular weight is 455 g/mol. The number of aromatic nitrogens is 3. The van der Waals surface area contributed by atoms with E-state index in [9.17, 15) is 14.4 Å². The Balaban J connectivity index is 1.31. The van der Waals surface area contributed by atoms with Crippen molar-refractivity contribution in [2.24, 2.45) is 0 Å². The zero-order chi connectivity index (χ0) is 23.5. The van der Waals surface area contributed by atoms with Gasteiger partial charge in [-0.05, 0) is 23.3 Å². The molecule has 0 bridgehead atoms. The molecule has 0 saturated heterocycles. The lowest BCUT2D eigenvalue weighted by Crippen LogP contribution is -2.28. The van der Waals surface area contributed by atoms with Crippen molar-refractivity contribution in [1.29, 1.82) is 0 Å². The second-order valence-corrected chi connectivity index (χ2v) is 7.92. The number of amides is 2. The van der Waals surface area contributed by atoms with Crippen LogP contribution < -0.4 is 15.4 Å². The summed E-state index contributed by atoms with van der Waals surface area (Å²) in [5.74, 6) is -0.0852. The quantitative estimate of drug-likeness (QED) is 0.460. The van der Waals surface area contributed by atoms with Gasteiger partial charge in [-0.2, -0.15) is 5.10 Å². The van der Waals surface area contributed by atoms with E-state index in [-0.39, 0.29) is 36.2 Å². The molecule has 9 nitrogen and oxygen atoms in total. The van der Waals surface area contributed by atoms with Gasteiger partial charge in [-0.25, -0.2) is 9.50 Å². The lowest BCUT2D eigenvalue weighted by Gasteiger charge is -2.17. The molecule has 34 heavy (non-hydrogen) atoms. The highest BCUT2D eigenvalue weighted by molar-refractivity contribution is 5.98. The average Bonchev–Trinajstić information content (AvgIpc) is 3.34. The summed E-state index contributed by atoms with van der Waals surface area (Å²) in [5.41, 5.74) is 3.30. The van der Waals surface area contributed by atoms with Gasteiger partial charge in [-0.15, -0.1) is 0 Å². The molecule has 1 aliphatic heterocycles. The summed E-state index contributed by atoms with van der Waals surface area (Å²) in [7, 11) is 0. The number of ketones is 1. The summed E-state index contributed by atoms with van der Waals surface area (Å²) in [4.78, 5) is 41.7. The first-order valence-electron chi connectivity index (χ1n) is 10.8. The molecule has 0 aliphatic carbocycles. The van der Waals surface area contributed by atoms with E-state index in [0.29, 0.717) is 24.4 Å². The minimum absolute atomic E-state index is 0.0186. The minimum atomic E-state index is -0.425. The monoisotopic (exact) mass is 455 g/mol. The normalized spacial score (nSPS) is 12.6. The van der Waals surface area contributed by atoms with E-state index in [4.69, 9.17) is 4.74 Å². The van der Waals surface area contributed by atoms with Gasteiger partial charge in [-0.1, -0.05) is 36.4 Å². The first kappa shape index (κ1) is 21.3. The van der Waals surface area contributed by atoms with Gasteiger partial charge in [0.25, 0.3) is 11.8 Å². The SMILES string of the molecule is O=C1COc2ccc(CNC(=O)c3cc(C(=O)NCc4ccccc4)n4nccc4n3)cc2C1. The van der Waals surface area contributed by atoms with E-state index < -0.39 is 5.91 Å². The summed E-state index contributed by atoms with van der Waals surface area (Å²) in [6, 6.07) is 18.1. The van der Waals surface area contributed by atoms with Gasteiger partial charge in [0.05, 0.1) is 6.20 Å². The van der Waals surface area contributed by atoms with Crippen molar-refractivity contribution >= 4 is 23.2 Å². The molecule has 0 radical (unpaired) electrons. The highest BCUT2D eigenvalue weighted by Gasteiger charge is 2.19. The number of nitrogens with one attached hydrogen (secondary N) is 2. The van der Waals surface area contributed by atoms with E-state index in [1.807, 2.05) is 42.5 Å². The van der Waals surface area contributed by atoms with Crippen LogP contribution in [0.5, 0.6) is 5.75 Å². The van der Waals surface area contributed by atoms with Gasteiger partial charge in [0, 0.05) is 37.2 Å². The molecule has 0 unspecified atom stereocenters. The molecule has 4 aromatic rings. The highest BCUT2D eigenvalue weighted by Crippen LogP contribution is 2.24. The highest BCUT2D eigenvalue weighted by atomic mass is 16.5. The standard InChI is InChI=1S/C25H21N5O4/c31-19-11-18-10-17(6-7-22(18)34-15-19)14-26-24(32)20-12-21(30-23(29-20)8-9-28-30)25(33)27-13-16-4-2-1-3-5-16/h1-10,12H,11,13-15H2,(H,26,32)(H,27,33). The number of benzene rings is 2. The van der Waals surface area contributed by atoms with Crippen molar-refractivity contribution in [2.75, 3.05) is 6.61 Å². The Morgan fingerprint density at radius 2 is 1.74 bits per heavy atom. The summed E-state index contributed by atoms with van der Waals surface area (Å²) >= 11 is 0. The number of carbonyl (C=O) groups is 3. The second kappa shape index (κ2) is 9.14. The summed E-state index contributed by atoms with van der Waals surface area (Å²) in [6.07, 6.45) is 1.84. The number of rotatable bonds is 6. The van der Waals surface area contributed by atoms with E-state index in [1.54, 1.807) is 12.1 Å². The second-order valence-electron chi connectivity index (χ2n) is 7.92. The molecule has 3 heterocycles. The molecule has 170 valence electrons. The Labute approximate surface area is 194 Å². The third-order valence-electron chi connectivity index (χ3n) is 5.47. The van der Waals surface area contributed by atoms with Crippen molar-refractivity contribution in [3.8, 4) is 5.75 Å². The fraction of sp³-hybridized carbons (Fsp3) is 0.160. The fourth-order valence-corrected chi connectivity index (χ4v) is 3.78. The van der Waals surface area contributed by atoms with Crippen molar-refractivity contribution in [3.05, 3.63) is 94.9 Å². The Hall–Kier alpha value is -4.53. The van der Waals surface area contributed by atoms with E-state index >= 15 is 0 Å². The summed E-state index contributed by atoms with van der Waals surface area (Å²) < 4.78 is 6.81. The number of ether oxygens (including phenoxy) is 1. The smallest absolute Gasteiger partial charge is 0.270 e.